The van der Waals surface area contributed by atoms with Crippen LogP contribution in [0.5, 0.6) is 0 Å². The van der Waals surface area contributed by atoms with Crippen LogP contribution in [0.15, 0.2) is 15.9 Å². The summed E-state index contributed by atoms with van der Waals surface area (Å²) in [5.41, 5.74) is 0. The lowest BCUT2D eigenvalue weighted by Gasteiger charge is -2.37. The third kappa shape index (κ3) is 3.70. The second-order valence-corrected chi connectivity index (χ2v) is 8.35. The summed E-state index contributed by atoms with van der Waals surface area (Å²) < 4.78 is 0.972. The summed E-state index contributed by atoms with van der Waals surface area (Å²) in [6, 6.07) is 4.04. The largest absolute Gasteiger partial charge is 0.352 e. The van der Waals surface area contributed by atoms with Gasteiger partial charge in [-0.1, -0.05) is 0 Å². The second kappa shape index (κ2) is 6.68. The first-order valence-corrected chi connectivity index (χ1v) is 9.24. The zero-order valence-corrected chi connectivity index (χ0v) is 15.0. The third-order valence-electron chi connectivity index (χ3n) is 4.24. The Kier molecular flexibility index (Phi) is 4.84. The van der Waals surface area contributed by atoms with Gasteiger partial charge < -0.3 is 10.2 Å². The molecular formula is C15H20BrN3O2S. The molecule has 7 heteroatoms. The molecule has 22 heavy (non-hydrogen) atoms. The van der Waals surface area contributed by atoms with Gasteiger partial charge in [0, 0.05) is 32.2 Å². The van der Waals surface area contributed by atoms with Gasteiger partial charge in [-0.3, -0.25) is 14.5 Å². The molecule has 1 N–H and O–H groups in total. The average molecular weight is 386 g/mol. The van der Waals surface area contributed by atoms with Crippen LogP contribution in [0.2, 0.25) is 0 Å². The first-order chi connectivity index (χ1) is 10.5. The summed E-state index contributed by atoms with van der Waals surface area (Å²) in [4.78, 5) is 29.3. The summed E-state index contributed by atoms with van der Waals surface area (Å²) >= 11 is 4.85. The Bertz CT molecular complexity index is 565. The van der Waals surface area contributed by atoms with Gasteiger partial charge in [-0.25, -0.2) is 0 Å². The number of hydrogen-bond donors (Lipinski definition) is 1. The van der Waals surface area contributed by atoms with E-state index in [1.54, 1.807) is 0 Å². The molecule has 120 valence electrons. The molecule has 2 amide bonds. The molecule has 1 unspecified atom stereocenters. The van der Waals surface area contributed by atoms with Crippen LogP contribution in [-0.4, -0.2) is 59.9 Å². The van der Waals surface area contributed by atoms with Crippen molar-refractivity contribution in [1.82, 2.24) is 15.1 Å². The molecule has 2 aliphatic rings. The number of amides is 2. The Morgan fingerprint density at radius 3 is 2.50 bits per heavy atom. The van der Waals surface area contributed by atoms with Gasteiger partial charge in [-0.15, -0.1) is 11.3 Å². The Morgan fingerprint density at radius 1 is 1.27 bits per heavy atom. The molecule has 1 saturated carbocycles. The smallest absolute Gasteiger partial charge is 0.264 e. The fourth-order valence-electron chi connectivity index (χ4n) is 2.61. The molecule has 5 nitrogen and oxygen atoms in total. The number of carbonyl (C=O) groups is 2. The number of hydrogen-bond acceptors (Lipinski definition) is 4. The van der Waals surface area contributed by atoms with Gasteiger partial charge in [-0.05, 0) is 47.8 Å². The molecule has 0 spiro atoms. The van der Waals surface area contributed by atoms with Crippen molar-refractivity contribution in [2.45, 2.75) is 31.8 Å². The van der Waals surface area contributed by atoms with E-state index in [2.05, 4.69) is 26.1 Å². The van der Waals surface area contributed by atoms with Gasteiger partial charge in [0.05, 0.1) is 14.7 Å². The average Bonchev–Trinajstić information content (AvgIpc) is 3.24. The van der Waals surface area contributed by atoms with Crippen molar-refractivity contribution in [3.05, 3.63) is 20.8 Å². The molecule has 1 atom stereocenters. The standard InChI is InChI=1S/C15H20BrN3O2S/c1-10(14(20)17-11-2-3-11)18-6-8-19(9-7-18)15(21)12-4-5-13(16)22-12/h4-5,10-11H,2-3,6-9H2,1H3,(H,17,20). The van der Waals surface area contributed by atoms with Crippen LogP contribution >= 0.6 is 27.3 Å². The first-order valence-electron chi connectivity index (χ1n) is 7.63. The maximum Gasteiger partial charge on any atom is 0.264 e. The van der Waals surface area contributed by atoms with Crippen LogP contribution in [0.4, 0.5) is 0 Å². The van der Waals surface area contributed by atoms with Crippen LogP contribution in [0, 0.1) is 0 Å². The summed E-state index contributed by atoms with van der Waals surface area (Å²) in [6.07, 6.45) is 2.22. The minimum Gasteiger partial charge on any atom is -0.352 e. The molecule has 1 aliphatic heterocycles. The topological polar surface area (TPSA) is 52.7 Å². The maximum atomic E-state index is 12.4. The van der Waals surface area contributed by atoms with Crippen molar-refractivity contribution in [2.24, 2.45) is 0 Å². The highest BCUT2D eigenvalue weighted by atomic mass is 79.9. The fourth-order valence-corrected chi connectivity index (χ4v) is 3.97. The Balaban J connectivity index is 1.51. The Hall–Kier alpha value is -0.920. The van der Waals surface area contributed by atoms with Gasteiger partial charge in [0.25, 0.3) is 5.91 Å². The van der Waals surface area contributed by atoms with Gasteiger partial charge >= 0.3 is 0 Å². The summed E-state index contributed by atoms with van der Waals surface area (Å²) in [5.74, 6) is 0.204. The highest BCUT2D eigenvalue weighted by Crippen LogP contribution is 2.24. The van der Waals surface area contributed by atoms with Crippen molar-refractivity contribution in [3.8, 4) is 0 Å². The van der Waals surface area contributed by atoms with Gasteiger partial charge in [0.2, 0.25) is 5.91 Å². The minimum atomic E-state index is -0.117. The van der Waals surface area contributed by atoms with Crippen molar-refractivity contribution in [1.29, 1.82) is 0 Å². The zero-order valence-electron chi connectivity index (χ0n) is 12.5. The molecule has 1 aromatic rings. The molecule has 0 radical (unpaired) electrons. The van der Waals surface area contributed by atoms with Crippen LogP contribution in [0.1, 0.15) is 29.4 Å². The second-order valence-electron chi connectivity index (χ2n) is 5.89. The molecule has 1 saturated heterocycles. The summed E-state index contributed by atoms with van der Waals surface area (Å²) in [5, 5.41) is 3.05. The number of nitrogens with one attached hydrogen (secondary N) is 1. The quantitative estimate of drug-likeness (QED) is 0.861. The molecule has 0 aromatic carbocycles. The summed E-state index contributed by atoms with van der Waals surface area (Å²) in [7, 11) is 0. The van der Waals surface area contributed by atoms with Gasteiger partial charge in [0.1, 0.15) is 0 Å². The first kappa shape index (κ1) is 16.0. The monoisotopic (exact) mass is 385 g/mol. The number of nitrogens with zero attached hydrogens (tertiary/aromatic N) is 2. The van der Waals surface area contributed by atoms with Crippen molar-refractivity contribution in [2.75, 3.05) is 26.2 Å². The SMILES string of the molecule is CC(C(=O)NC1CC1)N1CCN(C(=O)c2ccc(Br)s2)CC1. The third-order valence-corrected chi connectivity index (χ3v) is 5.85. The number of thiophene rings is 1. The lowest BCUT2D eigenvalue weighted by Crippen LogP contribution is -2.55. The Morgan fingerprint density at radius 2 is 1.95 bits per heavy atom. The van der Waals surface area contributed by atoms with E-state index in [4.69, 9.17) is 0 Å². The lowest BCUT2D eigenvalue weighted by atomic mass is 10.2. The van der Waals surface area contributed by atoms with E-state index in [-0.39, 0.29) is 17.9 Å². The lowest BCUT2D eigenvalue weighted by molar-refractivity contribution is -0.126. The molecule has 0 bridgehead atoms. The van der Waals surface area contributed by atoms with E-state index in [1.807, 2.05) is 24.0 Å². The normalized spacial score (nSPS) is 20.7. The van der Waals surface area contributed by atoms with Crippen molar-refractivity contribution < 1.29 is 9.59 Å². The van der Waals surface area contributed by atoms with Crippen molar-refractivity contribution in [3.63, 3.8) is 0 Å². The number of rotatable bonds is 4. The molecule has 2 heterocycles. The van der Waals surface area contributed by atoms with Crippen LogP contribution in [0.25, 0.3) is 0 Å². The number of halogens is 1. The molecule has 2 fully saturated rings. The van der Waals surface area contributed by atoms with Crippen LogP contribution in [-0.2, 0) is 4.79 Å². The van der Waals surface area contributed by atoms with E-state index >= 15 is 0 Å². The van der Waals surface area contributed by atoms with E-state index < -0.39 is 0 Å². The predicted molar refractivity (Wildman–Crippen MR) is 90.1 cm³/mol. The van der Waals surface area contributed by atoms with Crippen molar-refractivity contribution >= 4 is 39.1 Å². The van der Waals surface area contributed by atoms with E-state index in [9.17, 15) is 9.59 Å². The predicted octanol–water partition coefficient (Wildman–Crippen LogP) is 1.94. The van der Waals surface area contributed by atoms with E-state index in [0.717, 1.165) is 34.6 Å². The molecular weight excluding hydrogens is 366 g/mol. The molecule has 1 aromatic heterocycles. The molecule has 1 aliphatic carbocycles. The number of carbonyl (C=O) groups excluding carboxylic acids is 2. The highest BCUT2D eigenvalue weighted by Gasteiger charge is 2.31. The summed E-state index contributed by atoms with van der Waals surface area (Å²) in [6.45, 7) is 4.80. The Labute approximate surface area is 142 Å². The molecule has 3 rings (SSSR count). The fraction of sp³-hybridized carbons (Fsp3) is 0.600. The zero-order chi connectivity index (χ0) is 15.7. The van der Waals surface area contributed by atoms with E-state index in [1.165, 1.54) is 11.3 Å². The maximum absolute atomic E-state index is 12.4. The number of piperazine rings is 1. The van der Waals surface area contributed by atoms with Crippen LogP contribution in [0.3, 0.4) is 0 Å². The van der Waals surface area contributed by atoms with Gasteiger partial charge in [-0.2, -0.15) is 0 Å². The highest BCUT2D eigenvalue weighted by molar-refractivity contribution is 9.11. The van der Waals surface area contributed by atoms with E-state index in [0.29, 0.717) is 19.1 Å². The van der Waals surface area contributed by atoms with Crippen LogP contribution < -0.4 is 5.32 Å². The van der Waals surface area contributed by atoms with Gasteiger partial charge in [0.15, 0.2) is 0 Å². The minimum absolute atomic E-state index is 0.0884.